The van der Waals surface area contributed by atoms with E-state index in [0.29, 0.717) is 28.8 Å². The molecule has 0 bridgehead atoms. The highest BCUT2D eigenvalue weighted by molar-refractivity contribution is 7.99. The van der Waals surface area contributed by atoms with Gasteiger partial charge in [0.05, 0.1) is 11.6 Å². The fraction of sp³-hybridized carbons (Fsp3) is 0.133. The molecule has 4 nitrogen and oxygen atoms in total. The lowest BCUT2D eigenvalue weighted by Gasteiger charge is -2.09. The summed E-state index contributed by atoms with van der Waals surface area (Å²) in [6.07, 6.45) is 0. The number of benzene rings is 2. The van der Waals surface area contributed by atoms with Gasteiger partial charge in [0.1, 0.15) is 11.3 Å². The summed E-state index contributed by atoms with van der Waals surface area (Å²) in [4.78, 5) is 12.0. The topological polar surface area (TPSA) is 72.5 Å². The van der Waals surface area contributed by atoms with Crippen molar-refractivity contribution in [2.75, 3.05) is 18.1 Å². The summed E-state index contributed by atoms with van der Waals surface area (Å²) in [6, 6.07) is 11.9. The first kappa shape index (κ1) is 15.5. The van der Waals surface area contributed by atoms with Gasteiger partial charge in [0.15, 0.2) is 0 Å². The van der Waals surface area contributed by atoms with E-state index >= 15 is 0 Å². The zero-order chi connectivity index (χ0) is 15.2. The smallest absolute Gasteiger partial charge is 0.339 e. The molecule has 0 saturated carbocycles. The normalized spacial score (nSPS) is 10.3. The predicted molar refractivity (Wildman–Crippen MR) is 85.5 cm³/mol. The second kappa shape index (κ2) is 7.24. The maximum atomic E-state index is 11.0. The van der Waals surface area contributed by atoms with Gasteiger partial charge < -0.3 is 15.6 Å². The van der Waals surface area contributed by atoms with Gasteiger partial charge in [0, 0.05) is 16.3 Å². The summed E-state index contributed by atoms with van der Waals surface area (Å²) >= 11 is 7.60. The molecule has 21 heavy (non-hydrogen) atoms. The van der Waals surface area contributed by atoms with Crippen LogP contribution in [0.1, 0.15) is 10.4 Å². The molecule has 0 aliphatic carbocycles. The molecule has 0 atom stereocenters. The summed E-state index contributed by atoms with van der Waals surface area (Å²) in [6.45, 7) is 0.385. The van der Waals surface area contributed by atoms with Crippen LogP contribution in [0.5, 0.6) is 5.75 Å². The number of ether oxygens (including phenoxy) is 1. The van der Waals surface area contributed by atoms with Crippen LogP contribution in [0.25, 0.3) is 0 Å². The van der Waals surface area contributed by atoms with E-state index in [1.54, 1.807) is 30.3 Å². The first-order valence-electron chi connectivity index (χ1n) is 6.21. The monoisotopic (exact) mass is 323 g/mol. The van der Waals surface area contributed by atoms with E-state index in [1.165, 1.54) is 17.8 Å². The molecule has 0 spiro atoms. The van der Waals surface area contributed by atoms with Gasteiger partial charge in [-0.3, -0.25) is 0 Å². The Hall–Kier alpha value is -1.85. The average Bonchev–Trinajstić information content (AvgIpc) is 2.45. The van der Waals surface area contributed by atoms with E-state index in [9.17, 15) is 4.79 Å². The van der Waals surface area contributed by atoms with E-state index in [1.807, 2.05) is 6.07 Å². The maximum Gasteiger partial charge on any atom is 0.339 e. The molecule has 6 heteroatoms. The number of anilines is 1. The van der Waals surface area contributed by atoms with Gasteiger partial charge in [0.2, 0.25) is 0 Å². The number of nitrogens with two attached hydrogens (primary N) is 1. The van der Waals surface area contributed by atoms with Crippen LogP contribution < -0.4 is 10.5 Å². The Kier molecular flexibility index (Phi) is 5.36. The second-order valence-electron chi connectivity index (χ2n) is 4.19. The van der Waals surface area contributed by atoms with Crippen molar-refractivity contribution in [3.05, 3.63) is 53.1 Å². The lowest BCUT2D eigenvalue weighted by molar-refractivity contribution is 0.0692. The SMILES string of the molecule is Nc1ccc(SCCOc2ccccc2C(=O)O)c(Cl)c1. The van der Waals surface area contributed by atoms with Gasteiger partial charge in [0.25, 0.3) is 0 Å². The minimum atomic E-state index is -1.00. The summed E-state index contributed by atoms with van der Waals surface area (Å²) < 4.78 is 5.51. The van der Waals surface area contributed by atoms with Crippen molar-refractivity contribution in [3.8, 4) is 5.75 Å². The van der Waals surface area contributed by atoms with Gasteiger partial charge in [-0.2, -0.15) is 0 Å². The molecule has 0 aliphatic heterocycles. The summed E-state index contributed by atoms with van der Waals surface area (Å²) in [5.74, 6) is 0.0197. The molecule has 0 radical (unpaired) electrons. The number of carbonyl (C=O) groups is 1. The molecular formula is C15H14ClNO3S. The maximum absolute atomic E-state index is 11.0. The van der Waals surface area contributed by atoms with Crippen LogP contribution in [0.4, 0.5) is 5.69 Å². The Morgan fingerprint density at radius 2 is 2.05 bits per heavy atom. The van der Waals surface area contributed by atoms with Crippen molar-refractivity contribution in [3.63, 3.8) is 0 Å². The quantitative estimate of drug-likeness (QED) is 0.480. The zero-order valence-corrected chi connectivity index (χ0v) is 12.7. The van der Waals surface area contributed by atoms with Gasteiger partial charge in [-0.05, 0) is 30.3 Å². The third-order valence-electron chi connectivity index (χ3n) is 2.67. The van der Waals surface area contributed by atoms with Gasteiger partial charge in [-0.1, -0.05) is 23.7 Å². The third kappa shape index (κ3) is 4.31. The highest BCUT2D eigenvalue weighted by Crippen LogP contribution is 2.29. The Bertz CT molecular complexity index is 649. The van der Waals surface area contributed by atoms with Crippen LogP contribution in [0.15, 0.2) is 47.4 Å². The number of thioether (sulfide) groups is 1. The molecule has 110 valence electrons. The van der Waals surface area contributed by atoms with Crippen LogP contribution in [0.3, 0.4) is 0 Å². The fourth-order valence-corrected chi connectivity index (χ4v) is 2.81. The van der Waals surface area contributed by atoms with Crippen molar-refractivity contribution >= 4 is 35.0 Å². The van der Waals surface area contributed by atoms with Crippen molar-refractivity contribution in [1.29, 1.82) is 0 Å². The van der Waals surface area contributed by atoms with E-state index in [-0.39, 0.29) is 5.56 Å². The van der Waals surface area contributed by atoms with E-state index in [2.05, 4.69) is 0 Å². The van der Waals surface area contributed by atoms with Gasteiger partial charge >= 0.3 is 5.97 Å². The van der Waals surface area contributed by atoms with E-state index in [4.69, 9.17) is 27.2 Å². The number of para-hydroxylation sites is 1. The Morgan fingerprint density at radius 1 is 1.29 bits per heavy atom. The van der Waals surface area contributed by atoms with Crippen molar-refractivity contribution < 1.29 is 14.6 Å². The van der Waals surface area contributed by atoms with Crippen LogP contribution in [0, 0.1) is 0 Å². The molecule has 2 aromatic rings. The molecule has 3 N–H and O–H groups in total. The Morgan fingerprint density at radius 3 is 2.76 bits per heavy atom. The first-order valence-corrected chi connectivity index (χ1v) is 7.57. The second-order valence-corrected chi connectivity index (χ2v) is 5.73. The minimum absolute atomic E-state index is 0.160. The summed E-state index contributed by atoms with van der Waals surface area (Å²) in [5.41, 5.74) is 6.41. The number of hydrogen-bond donors (Lipinski definition) is 2. The molecule has 0 unspecified atom stereocenters. The average molecular weight is 324 g/mol. The number of aromatic carboxylic acids is 1. The van der Waals surface area contributed by atoms with Crippen LogP contribution in [-0.4, -0.2) is 23.4 Å². The number of halogens is 1. The number of carboxylic acid groups (broad SMARTS) is 1. The molecule has 0 fully saturated rings. The zero-order valence-electron chi connectivity index (χ0n) is 11.1. The minimum Gasteiger partial charge on any atom is -0.492 e. The molecule has 0 saturated heterocycles. The molecule has 2 rings (SSSR count). The Balaban J connectivity index is 1.89. The molecule has 0 aromatic heterocycles. The standard InChI is InChI=1S/C15H14ClNO3S/c16-12-9-10(17)5-6-14(12)21-8-7-20-13-4-2-1-3-11(13)15(18)19/h1-6,9H,7-8,17H2,(H,18,19). The summed E-state index contributed by atoms with van der Waals surface area (Å²) in [5, 5.41) is 9.65. The highest BCUT2D eigenvalue weighted by Gasteiger charge is 2.10. The van der Waals surface area contributed by atoms with E-state index < -0.39 is 5.97 Å². The van der Waals surface area contributed by atoms with Gasteiger partial charge in [-0.15, -0.1) is 11.8 Å². The number of carboxylic acids is 1. The third-order valence-corrected chi connectivity index (χ3v) is 4.13. The van der Waals surface area contributed by atoms with E-state index in [0.717, 1.165) is 4.90 Å². The number of rotatable bonds is 6. The van der Waals surface area contributed by atoms with Crippen LogP contribution in [0.2, 0.25) is 5.02 Å². The van der Waals surface area contributed by atoms with Crippen LogP contribution in [-0.2, 0) is 0 Å². The first-order chi connectivity index (χ1) is 10.1. The molecular weight excluding hydrogens is 310 g/mol. The lowest BCUT2D eigenvalue weighted by atomic mass is 10.2. The molecule has 0 heterocycles. The number of nitrogen functional groups attached to an aromatic ring is 1. The Labute approximate surface area is 131 Å². The molecule has 2 aromatic carbocycles. The van der Waals surface area contributed by atoms with Crippen molar-refractivity contribution in [1.82, 2.24) is 0 Å². The van der Waals surface area contributed by atoms with Crippen LogP contribution >= 0.6 is 23.4 Å². The van der Waals surface area contributed by atoms with Crippen molar-refractivity contribution in [2.24, 2.45) is 0 Å². The highest BCUT2D eigenvalue weighted by atomic mass is 35.5. The predicted octanol–water partition coefficient (Wildman–Crippen LogP) is 3.79. The molecule has 0 amide bonds. The summed E-state index contributed by atoms with van der Waals surface area (Å²) in [7, 11) is 0. The molecule has 0 aliphatic rings. The largest absolute Gasteiger partial charge is 0.492 e. The fourth-order valence-electron chi connectivity index (χ4n) is 1.71. The lowest BCUT2D eigenvalue weighted by Crippen LogP contribution is -2.05. The van der Waals surface area contributed by atoms with Gasteiger partial charge in [-0.25, -0.2) is 4.79 Å². The van der Waals surface area contributed by atoms with Crippen molar-refractivity contribution in [2.45, 2.75) is 4.90 Å². The number of hydrogen-bond acceptors (Lipinski definition) is 4.